The highest BCUT2D eigenvalue weighted by molar-refractivity contribution is 6.02. The molecule has 5 heterocycles. The van der Waals surface area contributed by atoms with Gasteiger partial charge in [0.15, 0.2) is 5.78 Å². The van der Waals surface area contributed by atoms with Crippen molar-refractivity contribution in [1.82, 2.24) is 62.7 Å². The fraction of sp³-hybridized carbons (Fsp3) is 0.487. The molecule has 4 aliphatic rings. The Morgan fingerprint density at radius 2 is 1.30 bits per heavy atom. The Bertz CT molecular complexity index is 4360. The summed E-state index contributed by atoms with van der Waals surface area (Å²) in [6.45, 7) is 9.03. The molecule has 2 bridgehead atoms. The highest BCUT2D eigenvalue weighted by atomic mass is 19.1. The molecule has 0 spiro atoms. The van der Waals surface area contributed by atoms with Crippen LogP contribution < -0.4 is 68.8 Å². The number of benzene rings is 4. The highest BCUT2D eigenvalue weighted by Gasteiger charge is 2.50. The molecule has 2 aromatic heterocycles. The lowest BCUT2D eigenvalue weighted by molar-refractivity contribution is -0.147. The second kappa shape index (κ2) is 37.0. The number of aliphatic hydroxyl groups excluding tert-OH is 1. The fourth-order valence-electron chi connectivity index (χ4n) is 14.0. The molecule has 13 atom stereocenters. The molecule has 1 aliphatic carbocycles. The molecule has 1 saturated carbocycles. The van der Waals surface area contributed by atoms with Crippen LogP contribution in [0, 0.1) is 28.9 Å². The Kier molecular flexibility index (Phi) is 28.0. The molecule has 110 heavy (non-hydrogen) atoms. The van der Waals surface area contributed by atoms with Crippen LogP contribution >= 0.6 is 0 Å². The van der Waals surface area contributed by atoms with E-state index in [0.717, 1.165) is 0 Å². The number of carbonyl (C=O) groups excluding carboxylic acids is 12. The number of alkyl halides is 1. The standard InChI is InChI=1S/C78H99F3N14O15/c1-41-68(100)90-61(33-46-40-86-57-24-18-48(80)35-53(46)57)71(103)89-59(32-45-39-85-56-23-17-47(79)34-52(45)56)66(98)54-36-49(81)37-55(54)69(101)94-65(42(2)96)73(105)91-63(31-44-13-19-50(109-7)20-14-44)74(106)95-28-10-25-78(95,6)76(108)92-60(67(83)99)30-43-15-21-51(22-16-43)110-29-11-27-84-64(97)38-62(93-75(107)77(3,4)5)72(104)88-58(70(102)87-41)12-8-9-26-82/h13-24,34-35,39-42,49,54-55,58-63,65,85-86,96H,8-12,25-33,36-38,82H2,1-7H3,(H2,83,99)(H,84,97)(H,87,102)(H,88,104)(H,89,103)(H,90,100)(H,91,105)(H,92,108)(H,93,107)(H,94,101)/t41-,42+,49+,54?,55+,58-,59-,60-,61-,62-,63-,65-,78-/m0/s1. The molecule has 0 radical (unpaired) electrons. The van der Waals surface area contributed by atoms with Crippen molar-refractivity contribution in [1.29, 1.82) is 0 Å². The third-order valence-electron chi connectivity index (χ3n) is 20.4. The normalized spacial score (nSPS) is 25.6. The van der Waals surface area contributed by atoms with Crippen molar-refractivity contribution < 1.29 is 85.3 Å². The molecule has 10 rings (SSSR count). The van der Waals surface area contributed by atoms with Gasteiger partial charge in [-0.05, 0) is 162 Å². The number of hydrogen-bond acceptors (Lipinski definition) is 16. The van der Waals surface area contributed by atoms with E-state index in [4.69, 9.17) is 20.9 Å². The summed E-state index contributed by atoms with van der Waals surface area (Å²) in [5.41, 5.74) is 11.5. The summed E-state index contributed by atoms with van der Waals surface area (Å²) >= 11 is 0. The first-order valence-corrected chi connectivity index (χ1v) is 37.0. The number of aliphatic hydroxyl groups is 1. The molecular weight excluding hydrogens is 1430 g/mol. The van der Waals surface area contributed by atoms with Crippen molar-refractivity contribution in [3.8, 4) is 11.5 Å². The lowest BCUT2D eigenvalue weighted by atomic mass is 9.85. The minimum absolute atomic E-state index is 0.00361. The number of ketones is 1. The molecule has 32 heteroatoms. The average Bonchev–Trinajstić information content (AvgIpc) is 1.56. The quantitative estimate of drug-likeness (QED) is 0.0551. The molecule has 3 aliphatic heterocycles. The van der Waals surface area contributed by atoms with Crippen molar-refractivity contribution in [2.75, 3.05) is 33.4 Å². The first-order chi connectivity index (χ1) is 52.2. The van der Waals surface area contributed by atoms with Gasteiger partial charge >= 0.3 is 0 Å². The molecular formula is C78H99F3N14O15. The molecule has 29 nitrogen and oxygen atoms in total. The molecule has 592 valence electrons. The number of amides is 11. The van der Waals surface area contributed by atoms with Crippen LogP contribution in [0.25, 0.3) is 21.8 Å². The van der Waals surface area contributed by atoms with E-state index in [2.05, 4.69) is 57.8 Å². The Morgan fingerprint density at radius 3 is 1.91 bits per heavy atom. The van der Waals surface area contributed by atoms with Gasteiger partial charge in [0.05, 0.1) is 38.2 Å². The van der Waals surface area contributed by atoms with Crippen molar-refractivity contribution in [2.24, 2.45) is 28.7 Å². The lowest BCUT2D eigenvalue weighted by Crippen LogP contribution is -2.63. The SMILES string of the molecule is COc1ccc(C[C@@H]2NC(=O)[C@H]([C@@H](C)O)NC(=O)[C@@H]3C[C@H](F)CC3C(=O)[C@H](Cc3c[nH]c4ccc(F)cc34)NC(=O)[C@H](Cc3c[nH]c4ccc(F)cc34)NC(=O)[C@H](C)NC(=O)[C@H](CCCCN)NC(=O)[C@@H](NC(=O)C(C)(C)C)CC(=O)NCCCOc3ccc(cc3)C[C@@H](C(N)=O)NC(=O)[C@]3(C)CCCN3C2=O)cc1. The zero-order valence-corrected chi connectivity index (χ0v) is 62.6. The molecule has 16 N–H and O–H groups in total. The summed E-state index contributed by atoms with van der Waals surface area (Å²) in [6, 6.07) is 8.01. The van der Waals surface area contributed by atoms with Crippen LogP contribution in [0.3, 0.4) is 0 Å². The molecule has 4 aromatic carbocycles. The van der Waals surface area contributed by atoms with E-state index in [9.17, 15) is 48.3 Å². The summed E-state index contributed by atoms with van der Waals surface area (Å²) in [7, 11) is 1.45. The molecule has 1 saturated heterocycles. The first-order valence-electron chi connectivity index (χ1n) is 37.0. The second-order valence-electron chi connectivity index (χ2n) is 29.8. The van der Waals surface area contributed by atoms with Crippen molar-refractivity contribution >= 4 is 92.6 Å². The second-order valence-corrected chi connectivity index (χ2v) is 29.8. The maximum Gasteiger partial charge on any atom is 0.246 e. The maximum atomic E-state index is 16.3. The minimum atomic E-state index is -1.90. The number of aromatic amines is 2. The van der Waals surface area contributed by atoms with Gasteiger partial charge in [0.1, 0.15) is 77.1 Å². The third kappa shape index (κ3) is 21.3. The Labute approximate surface area is 633 Å². The summed E-state index contributed by atoms with van der Waals surface area (Å²) in [4.78, 5) is 182. The van der Waals surface area contributed by atoms with Crippen LogP contribution in [-0.4, -0.2) is 190 Å². The predicted octanol–water partition coefficient (Wildman–Crippen LogP) is 2.75. The molecule has 11 amide bonds. The van der Waals surface area contributed by atoms with E-state index in [1.54, 1.807) is 69.3 Å². The Balaban J connectivity index is 1.07. The van der Waals surface area contributed by atoms with Crippen LogP contribution in [0.5, 0.6) is 11.5 Å². The number of unbranched alkanes of at least 4 members (excludes halogenated alkanes) is 1. The topological polar surface area (TPSA) is 439 Å². The van der Waals surface area contributed by atoms with Crippen LogP contribution in [0.2, 0.25) is 0 Å². The van der Waals surface area contributed by atoms with Gasteiger partial charge < -0.3 is 88.8 Å². The molecule has 2 fully saturated rings. The van der Waals surface area contributed by atoms with Gasteiger partial charge in [-0.1, -0.05) is 45.0 Å². The smallest absolute Gasteiger partial charge is 0.246 e. The Morgan fingerprint density at radius 1 is 0.700 bits per heavy atom. The van der Waals surface area contributed by atoms with Gasteiger partial charge in [0, 0.05) is 84.3 Å². The Hall–Kier alpha value is -10.9. The number of H-pyrrole nitrogens is 2. The summed E-state index contributed by atoms with van der Waals surface area (Å²) in [5.74, 6) is -14.4. The number of rotatable bonds is 14. The number of hydrogen-bond donors (Lipinski definition) is 14. The van der Waals surface area contributed by atoms with Gasteiger partial charge in [-0.25, -0.2) is 13.2 Å². The zero-order chi connectivity index (χ0) is 79.9. The van der Waals surface area contributed by atoms with Crippen LogP contribution in [0.4, 0.5) is 13.2 Å². The lowest BCUT2D eigenvalue weighted by Gasteiger charge is -2.37. The number of fused-ring (bicyclic) bond motifs is 33. The van der Waals surface area contributed by atoms with Crippen LogP contribution in [0.15, 0.2) is 97.3 Å². The maximum absolute atomic E-state index is 16.3. The minimum Gasteiger partial charge on any atom is -0.497 e. The monoisotopic (exact) mass is 1530 g/mol. The number of nitrogens with zero attached hydrogens (tertiary/aromatic N) is 1. The van der Waals surface area contributed by atoms with Gasteiger partial charge in [0.25, 0.3) is 0 Å². The highest BCUT2D eigenvalue weighted by Crippen LogP contribution is 2.37. The van der Waals surface area contributed by atoms with E-state index < -0.39 is 198 Å². The van der Waals surface area contributed by atoms with Gasteiger partial charge in [-0.3, -0.25) is 57.5 Å². The average molecular weight is 1530 g/mol. The summed E-state index contributed by atoms with van der Waals surface area (Å²) in [5, 5.41) is 35.8. The van der Waals surface area contributed by atoms with Crippen molar-refractivity contribution in [2.45, 2.75) is 191 Å². The van der Waals surface area contributed by atoms with E-state index >= 15 is 27.6 Å². The van der Waals surface area contributed by atoms with E-state index in [1.807, 2.05) is 0 Å². The van der Waals surface area contributed by atoms with E-state index in [-0.39, 0.29) is 86.7 Å². The number of halogens is 3. The fourth-order valence-corrected chi connectivity index (χ4v) is 14.0. The number of Topliss-reactive ketones (excluding diaryl/α,β-unsaturated/α-hetero) is 1. The van der Waals surface area contributed by atoms with Crippen molar-refractivity contribution in [3.63, 3.8) is 0 Å². The summed E-state index contributed by atoms with van der Waals surface area (Å²) in [6.07, 6.45) is -2.41. The largest absolute Gasteiger partial charge is 0.497 e. The summed E-state index contributed by atoms with van der Waals surface area (Å²) < 4.78 is 57.7. The number of ether oxygens (including phenoxy) is 2. The van der Waals surface area contributed by atoms with Crippen LogP contribution in [0.1, 0.15) is 122 Å². The van der Waals surface area contributed by atoms with Gasteiger partial charge in [0.2, 0.25) is 65.0 Å². The van der Waals surface area contributed by atoms with Crippen LogP contribution in [-0.2, 0) is 83.2 Å². The van der Waals surface area contributed by atoms with E-state index in [0.29, 0.717) is 46.5 Å². The number of nitrogens with two attached hydrogens (primary N) is 2. The number of primary amides is 1. The van der Waals surface area contributed by atoms with Gasteiger partial charge in [-0.15, -0.1) is 0 Å². The zero-order valence-electron chi connectivity index (χ0n) is 62.6. The predicted molar refractivity (Wildman–Crippen MR) is 398 cm³/mol. The van der Waals surface area contributed by atoms with Crippen molar-refractivity contribution in [3.05, 3.63) is 131 Å². The van der Waals surface area contributed by atoms with Gasteiger partial charge in [-0.2, -0.15) is 0 Å². The first kappa shape index (κ1) is 83.2. The third-order valence-corrected chi connectivity index (χ3v) is 20.4. The number of carbonyl (C=O) groups is 12. The number of methoxy groups -OCH3 is 1. The number of nitrogens with one attached hydrogen (secondary N) is 11. The molecule has 6 aromatic rings. The molecule has 1 unspecified atom stereocenters. The van der Waals surface area contributed by atoms with E-state index in [1.165, 1.54) is 81.6 Å². The number of aromatic nitrogens is 2.